The monoisotopic (exact) mass is 497 g/mol. The summed E-state index contributed by atoms with van der Waals surface area (Å²) in [6.45, 7) is 0. The van der Waals surface area contributed by atoms with Gasteiger partial charge in [-0.15, -0.1) is 28.2 Å². The fraction of sp³-hybridized carbons (Fsp3) is 0.294. The summed E-state index contributed by atoms with van der Waals surface area (Å²) < 4.78 is 0. The third kappa shape index (κ3) is 4.05. The quantitative estimate of drug-likeness (QED) is 0.250. The van der Waals surface area contributed by atoms with Crippen molar-refractivity contribution in [3.05, 3.63) is 34.0 Å². The molecule has 168 valence electrons. The lowest BCUT2D eigenvalue weighted by molar-refractivity contribution is -0.150. The maximum atomic E-state index is 12.7. The number of aromatic nitrogens is 3. The van der Waals surface area contributed by atoms with Crippen molar-refractivity contribution in [2.24, 2.45) is 0 Å². The van der Waals surface area contributed by atoms with E-state index in [-0.39, 0.29) is 39.4 Å². The Labute approximate surface area is 192 Å². The number of rotatable bonds is 8. The Hall–Kier alpha value is -3.04. The lowest BCUT2D eigenvalue weighted by Crippen LogP contribution is -2.70. The Kier molecular flexibility index (Phi) is 6.12. The zero-order chi connectivity index (χ0) is 23.0. The summed E-state index contributed by atoms with van der Waals surface area (Å²) in [5.74, 6) is -3.14. The van der Waals surface area contributed by atoms with Crippen LogP contribution in [0.2, 0.25) is 0 Å². The molecular weight excluding hydrogens is 482 g/mol. The molecule has 4 heterocycles. The van der Waals surface area contributed by atoms with Crippen molar-refractivity contribution < 1.29 is 34.5 Å². The van der Waals surface area contributed by atoms with Gasteiger partial charge in [-0.25, -0.2) is 9.59 Å². The minimum Gasteiger partial charge on any atom is -0.499 e. The van der Waals surface area contributed by atoms with Crippen molar-refractivity contribution >= 4 is 58.6 Å². The van der Waals surface area contributed by atoms with Gasteiger partial charge in [-0.2, -0.15) is 0 Å². The van der Waals surface area contributed by atoms with Crippen molar-refractivity contribution in [1.29, 1.82) is 0 Å². The summed E-state index contributed by atoms with van der Waals surface area (Å²) in [6.07, 6.45) is -0.0931. The summed E-state index contributed by atoms with van der Waals surface area (Å²) in [5.41, 5.74) is 0.452. The molecule has 12 nitrogen and oxygen atoms in total. The first kappa shape index (κ1) is 22.2. The van der Waals surface area contributed by atoms with Crippen LogP contribution in [0.25, 0.3) is 0 Å². The van der Waals surface area contributed by atoms with E-state index < -0.39 is 35.2 Å². The third-order valence-corrected chi connectivity index (χ3v) is 7.91. The molecule has 0 radical (unpaired) electrons. The van der Waals surface area contributed by atoms with E-state index in [2.05, 4.69) is 20.7 Å². The normalized spacial score (nSPS) is 20.0. The van der Waals surface area contributed by atoms with Crippen LogP contribution in [-0.4, -0.2) is 82.3 Å². The molecule has 2 aromatic rings. The number of carbonyl (C=O) groups is 4. The first-order valence-electron chi connectivity index (χ1n) is 8.99. The van der Waals surface area contributed by atoms with Gasteiger partial charge in [0.2, 0.25) is 11.6 Å². The van der Waals surface area contributed by atoms with Gasteiger partial charge in [-0.05, 0) is 17.0 Å². The number of thioether (sulfide) groups is 2. The topological polar surface area (TPSA) is 186 Å². The molecule has 2 aliphatic rings. The minimum atomic E-state index is -1.28. The van der Waals surface area contributed by atoms with Crippen molar-refractivity contribution in [1.82, 2.24) is 25.6 Å². The average molecular weight is 498 g/mol. The highest BCUT2D eigenvalue weighted by Crippen LogP contribution is 2.41. The van der Waals surface area contributed by atoms with Crippen LogP contribution in [-0.2, 0) is 20.8 Å². The minimum absolute atomic E-state index is 0.0329. The SMILES string of the molecule is O=C(Cc1ccsc1O)NC1C(=O)N2C(C(=O)O)=C(CSc3[nH]nnc3C(=O)O)CS[C@@H]12. The van der Waals surface area contributed by atoms with E-state index >= 15 is 0 Å². The van der Waals surface area contributed by atoms with Gasteiger partial charge in [0.05, 0.1) is 6.42 Å². The number of β-lactam (4-membered cyclic amide) rings is 1. The van der Waals surface area contributed by atoms with Crippen molar-refractivity contribution in [2.75, 3.05) is 11.5 Å². The predicted octanol–water partition coefficient (Wildman–Crippen LogP) is 0.343. The van der Waals surface area contributed by atoms with Crippen LogP contribution in [0.4, 0.5) is 0 Å². The number of aromatic amines is 1. The number of hydrogen-bond acceptors (Lipinski definition) is 10. The molecule has 2 aliphatic heterocycles. The molecule has 0 saturated carbocycles. The van der Waals surface area contributed by atoms with Crippen LogP contribution < -0.4 is 5.32 Å². The molecule has 2 aromatic heterocycles. The van der Waals surface area contributed by atoms with Crippen molar-refractivity contribution in [2.45, 2.75) is 22.9 Å². The number of carbonyl (C=O) groups excluding carboxylic acids is 2. The van der Waals surface area contributed by atoms with E-state index in [1.165, 1.54) is 11.8 Å². The van der Waals surface area contributed by atoms with E-state index in [1.54, 1.807) is 11.4 Å². The van der Waals surface area contributed by atoms with Gasteiger partial charge in [0.25, 0.3) is 5.91 Å². The molecule has 5 N–H and O–H groups in total. The fourth-order valence-electron chi connectivity index (χ4n) is 3.27. The van der Waals surface area contributed by atoms with Crippen LogP contribution >= 0.6 is 34.9 Å². The van der Waals surface area contributed by atoms with Gasteiger partial charge in [-0.1, -0.05) is 17.0 Å². The number of nitrogens with zero attached hydrogens (tertiary/aromatic N) is 3. The van der Waals surface area contributed by atoms with Gasteiger partial charge >= 0.3 is 11.9 Å². The fourth-order valence-corrected chi connectivity index (χ4v) is 6.33. The zero-order valence-corrected chi connectivity index (χ0v) is 18.4. The summed E-state index contributed by atoms with van der Waals surface area (Å²) in [5, 5.41) is 41.8. The highest BCUT2D eigenvalue weighted by Gasteiger charge is 2.54. The summed E-state index contributed by atoms with van der Waals surface area (Å²) in [4.78, 5) is 49.2. The van der Waals surface area contributed by atoms with Gasteiger partial charge in [-0.3, -0.25) is 19.6 Å². The second-order valence-corrected chi connectivity index (χ2v) is 9.71. The highest BCUT2D eigenvalue weighted by atomic mass is 32.2. The number of amides is 2. The zero-order valence-electron chi connectivity index (χ0n) is 16.0. The Balaban J connectivity index is 1.45. The van der Waals surface area contributed by atoms with Crippen LogP contribution in [0.15, 0.2) is 27.7 Å². The van der Waals surface area contributed by atoms with Gasteiger partial charge in [0.15, 0.2) is 5.06 Å². The molecule has 2 atom stereocenters. The maximum absolute atomic E-state index is 12.7. The number of hydrogen-bond donors (Lipinski definition) is 5. The lowest BCUT2D eigenvalue weighted by atomic mass is 10.0. The molecule has 1 fully saturated rings. The second kappa shape index (κ2) is 8.84. The maximum Gasteiger partial charge on any atom is 0.359 e. The van der Waals surface area contributed by atoms with E-state index in [9.17, 15) is 29.4 Å². The Bertz CT molecular complexity index is 1140. The van der Waals surface area contributed by atoms with Crippen molar-refractivity contribution in [3.8, 4) is 5.06 Å². The largest absolute Gasteiger partial charge is 0.499 e. The molecule has 15 heteroatoms. The number of carboxylic acids is 2. The average Bonchev–Trinajstić information content (AvgIpc) is 3.38. The predicted molar refractivity (Wildman–Crippen MR) is 113 cm³/mol. The molecule has 0 aliphatic carbocycles. The van der Waals surface area contributed by atoms with Gasteiger partial charge in [0, 0.05) is 17.1 Å². The molecule has 0 aromatic carbocycles. The number of aliphatic carboxylic acids is 1. The molecule has 1 unspecified atom stereocenters. The summed E-state index contributed by atoms with van der Waals surface area (Å²) >= 11 is 3.43. The molecule has 1 saturated heterocycles. The van der Waals surface area contributed by atoms with E-state index in [1.807, 2.05) is 0 Å². The highest BCUT2D eigenvalue weighted by molar-refractivity contribution is 8.01. The van der Waals surface area contributed by atoms with E-state index in [0.29, 0.717) is 11.1 Å². The first-order valence-corrected chi connectivity index (χ1v) is 11.9. The standard InChI is InChI=1S/C17H15N5O7S3/c23-8(3-6-1-2-30-17(6)29)18-10-13(24)22-11(16(27)28)7(5-32-14(10)22)4-31-12-9(15(25)26)19-21-20-12/h1-2,10,14,29H,3-5H2,(H,18,23)(H,25,26)(H,27,28)(H,19,20,21)/t10?,14-/m0/s1. The summed E-state index contributed by atoms with van der Waals surface area (Å²) in [7, 11) is 0. The Morgan fingerprint density at radius 2 is 2.09 bits per heavy atom. The second-order valence-electron chi connectivity index (χ2n) is 6.72. The Morgan fingerprint density at radius 1 is 1.31 bits per heavy atom. The van der Waals surface area contributed by atoms with Gasteiger partial charge in [0.1, 0.15) is 22.1 Å². The molecule has 0 bridgehead atoms. The number of nitrogens with one attached hydrogen (secondary N) is 2. The van der Waals surface area contributed by atoms with Crippen LogP contribution in [0.5, 0.6) is 5.06 Å². The Morgan fingerprint density at radius 3 is 2.75 bits per heavy atom. The van der Waals surface area contributed by atoms with Crippen molar-refractivity contribution in [3.63, 3.8) is 0 Å². The van der Waals surface area contributed by atoms with Gasteiger partial charge < -0.3 is 20.6 Å². The molecule has 4 rings (SSSR count). The number of fused-ring (bicyclic) bond motifs is 1. The summed E-state index contributed by atoms with van der Waals surface area (Å²) in [6, 6.07) is 0.747. The van der Waals surface area contributed by atoms with Crippen LogP contribution in [0.3, 0.4) is 0 Å². The molecule has 2 amide bonds. The first-order chi connectivity index (χ1) is 15.3. The number of carboxylic acid groups (broad SMARTS) is 2. The van der Waals surface area contributed by atoms with Crippen LogP contribution in [0.1, 0.15) is 16.1 Å². The molecule has 0 spiro atoms. The number of H-pyrrole nitrogens is 1. The lowest BCUT2D eigenvalue weighted by Gasteiger charge is -2.49. The van der Waals surface area contributed by atoms with E-state index in [4.69, 9.17) is 5.11 Å². The number of aromatic hydroxyl groups is 1. The smallest absolute Gasteiger partial charge is 0.359 e. The molecular formula is C17H15N5O7S3. The number of thiophene rings is 1. The van der Waals surface area contributed by atoms with Crippen LogP contribution in [0, 0.1) is 0 Å². The van der Waals surface area contributed by atoms with E-state index in [0.717, 1.165) is 28.0 Å². The molecule has 32 heavy (non-hydrogen) atoms. The third-order valence-electron chi connectivity index (χ3n) is 4.75. The number of aromatic carboxylic acids is 1.